The summed E-state index contributed by atoms with van der Waals surface area (Å²) in [5.74, 6) is -0.792. The largest absolute Gasteiger partial charge is 0.481 e. The lowest BCUT2D eigenvalue weighted by Crippen LogP contribution is -2.46. The van der Waals surface area contributed by atoms with Crippen molar-refractivity contribution < 1.29 is 14.6 Å². The molecule has 2 aliphatic rings. The number of hydrogen-bond donors (Lipinski definition) is 1. The van der Waals surface area contributed by atoms with E-state index in [2.05, 4.69) is 0 Å². The Morgan fingerprint density at radius 3 is 2.73 bits per heavy atom. The average Bonchev–Trinajstić information content (AvgIpc) is 2.29. The minimum Gasteiger partial charge on any atom is -0.481 e. The molecule has 11 heavy (non-hydrogen) atoms. The van der Waals surface area contributed by atoms with E-state index in [4.69, 9.17) is 9.84 Å². The second-order valence-electron chi connectivity index (χ2n) is 3.58. The van der Waals surface area contributed by atoms with Gasteiger partial charge in [0.2, 0.25) is 0 Å². The Balaban J connectivity index is 1.91. The lowest BCUT2D eigenvalue weighted by Gasteiger charge is -2.41. The fourth-order valence-corrected chi connectivity index (χ4v) is 2.09. The van der Waals surface area contributed by atoms with Crippen molar-refractivity contribution in [2.24, 2.45) is 5.92 Å². The van der Waals surface area contributed by atoms with E-state index < -0.39 is 5.97 Å². The Labute approximate surface area is 65.4 Å². The smallest absolute Gasteiger partial charge is 0.306 e. The first kappa shape index (κ1) is 7.10. The van der Waals surface area contributed by atoms with Gasteiger partial charge < -0.3 is 9.84 Å². The van der Waals surface area contributed by atoms with Crippen LogP contribution in [0.15, 0.2) is 0 Å². The zero-order valence-electron chi connectivity index (χ0n) is 6.38. The van der Waals surface area contributed by atoms with E-state index in [-0.39, 0.29) is 11.5 Å². The van der Waals surface area contributed by atoms with Crippen molar-refractivity contribution in [3.63, 3.8) is 0 Å². The highest BCUT2D eigenvalue weighted by Gasteiger charge is 2.50. The maximum atomic E-state index is 10.5. The highest BCUT2D eigenvalue weighted by molar-refractivity contribution is 5.71. The van der Waals surface area contributed by atoms with E-state index in [9.17, 15) is 4.79 Å². The van der Waals surface area contributed by atoms with Gasteiger partial charge in [-0.15, -0.1) is 0 Å². The first-order valence-corrected chi connectivity index (χ1v) is 4.09. The highest BCUT2D eigenvalue weighted by Crippen LogP contribution is 2.47. The number of carboxylic acid groups (broad SMARTS) is 1. The zero-order valence-corrected chi connectivity index (χ0v) is 6.38. The van der Waals surface area contributed by atoms with Crippen LogP contribution in [0.2, 0.25) is 0 Å². The van der Waals surface area contributed by atoms with Crippen LogP contribution in [0.5, 0.6) is 0 Å². The fraction of sp³-hybridized carbons (Fsp3) is 0.875. The average molecular weight is 156 g/mol. The van der Waals surface area contributed by atoms with E-state index in [0.29, 0.717) is 0 Å². The summed E-state index contributed by atoms with van der Waals surface area (Å²) in [4.78, 5) is 10.5. The van der Waals surface area contributed by atoms with Crippen LogP contribution in [0, 0.1) is 5.92 Å². The van der Waals surface area contributed by atoms with Crippen LogP contribution in [0.1, 0.15) is 25.7 Å². The number of hydrogen-bond acceptors (Lipinski definition) is 2. The summed E-state index contributed by atoms with van der Waals surface area (Å²) in [7, 11) is 0. The quantitative estimate of drug-likeness (QED) is 0.616. The van der Waals surface area contributed by atoms with Crippen molar-refractivity contribution in [2.45, 2.75) is 31.3 Å². The first-order chi connectivity index (χ1) is 5.22. The summed E-state index contributed by atoms with van der Waals surface area (Å²) >= 11 is 0. The van der Waals surface area contributed by atoms with Crippen LogP contribution in [0.3, 0.4) is 0 Å². The van der Waals surface area contributed by atoms with Gasteiger partial charge in [0.15, 0.2) is 0 Å². The maximum Gasteiger partial charge on any atom is 0.306 e. The standard InChI is InChI=1S/C8H12O3/c9-7(10)6-4-8(5-6)2-1-3-11-8/h6H,1-5H2,(H,9,10). The third-order valence-corrected chi connectivity index (χ3v) is 2.77. The molecule has 0 bridgehead atoms. The molecule has 2 rings (SSSR count). The normalized spacial score (nSPS) is 42.4. The molecule has 1 N–H and O–H groups in total. The summed E-state index contributed by atoms with van der Waals surface area (Å²) in [6.07, 6.45) is 3.65. The minimum atomic E-state index is -0.661. The number of rotatable bonds is 1. The molecule has 3 heteroatoms. The molecule has 1 heterocycles. The zero-order chi connectivity index (χ0) is 7.90. The SMILES string of the molecule is O=C(O)C1CC2(CCCO2)C1. The topological polar surface area (TPSA) is 46.5 Å². The van der Waals surface area contributed by atoms with Crippen LogP contribution in [0.4, 0.5) is 0 Å². The second-order valence-corrected chi connectivity index (χ2v) is 3.58. The van der Waals surface area contributed by atoms with Crippen molar-refractivity contribution in [2.75, 3.05) is 6.61 Å². The van der Waals surface area contributed by atoms with Gasteiger partial charge in [0.25, 0.3) is 0 Å². The monoisotopic (exact) mass is 156 g/mol. The van der Waals surface area contributed by atoms with Crippen LogP contribution >= 0.6 is 0 Å². The van der Waals surface area contributed by atoms with Gasteiger partial charge in [-0.25, -0.2) is 0 Å². The van der Waals surface area contributed by atoms with E-state index in [1.54, 1.807) is 0 Å². The van der Waals surface area contributed by atoms with E-state index in [0.717, 1.165) is 32.3 Å². The van der Waals surface area contributed by atoms with Crippen molar-refractivity contribution in [3.05, 3.63) is 0 Å². The maximum absolute atomic E-state index is 10.5. The van der Waals surface area contributed by atoms with Gasteiger partial charge in [0.05, 0.1) is 11.5 Å². The highest BCUT2D eigenvalue weighted by atomic mass is 16.5. The Bertz CT molecular complexity index is 174. The van der Waals surface area contributed by atoms with E-state index in [1.807, 2.05) is 0 Å². The number of carboxylic acids is 1. The van der Waals surface area contributed by atoms with E-state index >= 15 is 0 Å². The molecule has 0 radical (unpaired) electrons. The molecule has 0 aromatic carbocycles. The molecular weight excluding hydrogens is 144 g/mol. The summed E-state index contributed by atoms with van der Waals surface area (Å²) in [6, 6.07) is 0. The third-order valence-electron chi connectivity index (χ3n) is 2.77. The predicted molar refractivity (Wildman–Crippen MR) is 38.3 cm³/mol. The molecule has 1 spiro atoms. The van der Waals surface area contributed by atoms with Crippen LogP contribution in [-0.2, 0) is 9.53 Å². The predicted octanol–water partition coefficient (Wildman–Crippen LogP) is 1.03. The molecule has 0 atom stereocenters. The Morgan fingerprint density at radius 1 is 1.55 bits per heavy atom. The molecule has 0 amide bonds. The second kappa shape index (κ2) is 2.21. The molecule has 0 aromatic rings. The van der Waals surface area contributed by atoms with Gasteiger partial charge in [-0.1, -0.05) is 0 Å². The van der Waals surface area contributed by atoms with Crippen molar-refractivity contribution in [3.8, 4) is 0 Å². The summed E-state index contributed by atoms with van der Waals surface area (Å²) in [6.45, 7) is 0.826. The summed E-state index contributed by atoms with van der Waals surface area (Å²) in [5, 5.41) is 8.62. The number of ether oxygens (including phenoxy) is 1. The van der Waals surface area contributed by atoms with Crippen LogP contribution in [0.25, 0.3) is 0 Å². The van der Waals surface area contributed by atoms with Gasteiger partial charge >= 0.3 is 5.97 Å². The van der Waals surface area contributed by atoms with Crippen molar-refractivity contribution in [1.82, 2.24) is 0 Å². The Hall–Kier alpha value is -0.570. The van der Waals surface area contributed by atoms with Gasteiger partial charge in [-0.05, 0) is 25.7 Å². The lowest BCUT2D eigenvalue weighted by molar-refractivity contribution is -0.159. The van der Waals surface area contributed by atoms with Crippen molar-refractivity contribution in [1.29, 1.82) is 0 Å². The molecule has 62 valence electrons. The molecular formula is C8H12O3. The molecule has 0 unspecified atom stereocenters. The van der Waals surface area contributed by atoms with Gasteiger partial charge in [0, 0.05) is 6.61 Å². The van der Waals surface area contributed by atoms with Crippen LogP contribution < -0.4 is 0 Å². The fourth-order valence-electron chi connectivity index (χ4n) is 2.09. The lowest BCUT2D eigenvalue weighted by atomic mass is 9.69. The summed E-state index contributed by atoms with van der Waals surface area (Å²) < 4.78 is 5.49. The van der Waals surface area contributed by atoms with Gasteiger partial charge in [-0.2, -0.15) is 0 Å². The molecule has 3 nitrogen and oxygen atoms in total. The van der Waals surface area contributed by atoms with Crippen LogP contribution in [-0.4, -0.2) is 23.3 Å². The van der Waals surface area contributed by atoms with Gasteiger partial charge in [-0.3, -0.25) is 4.79 Å². The van der Waals surface area contributed by atoms with Crippen molar-refractivity contribution >= 4 is 5.97 Å². The Kier molecular flexibility index (Phi) is 1.42. The minimum absolute atomic E-state index is 0.0109. The van der Waals surface area contributed by atoms with Gasteiger partial charge in [0.1, 0.15) is 0 Å². The first-order valence-electron chi connectivity index (χ1n) is 4.09. The summed E-state index contributed by atoms with van der Waals surface area (Å²) in [5.41, 5.74) is -0.0109. The molecule has 1 aliphatic carbocycles. The molecule has 1 saturated heterocycles. The molecule has 0 aromatic heterocycles. The Morgan fingerprint density at radius 2 is 2.27 bits per heavy atom. The molecule has 1 aliphatic heterocycles. The third kappa shape index (κ3) is 1.03. The molecule has 1 saturated carbocycles. The molecule has 2 fully saturated rings. The van der Waals surface area contributed by atoms with E-state index in [1.165, 1.54) is 0 Å². The number of carbonyl (C=O) groups is 1. The number of aliphatic carboxylic acids is 1.